The van der Waals surface area contributed by atoms with E-state index in [1.54, 1.807) is 0 Å². The number of carbonyl (C=O) groups is 2. The predicted molar refractivity (Wildman–Crippen MR) is 60.0 cm³/mol. The maximum absolute atomic E-state index is 11.4. The summed E-state index contributed by atoms with van der Waals surface area (Å²) in [6, 6.07) is 0.0250. The number of carboxylic acid groups (broad SMARTS) is 1. The van der Waals surface area contributed by atoms with Crippen LogP contribution in [0.4, 0.5) is 0 Å². The van der Waals surface area contributed by atoms with Crippen molar-refractivity contribution in [3.63, 3.8) is 0 Å². The van der Waals surface area contributed by atoms with Gasteiger partial charge in [0.05, 0.1) is 0 Å². The molecule has 1 amide bonds. The summed E-state index contributed by atoms with van der Waals surface area (Å²) in [5, 5.41) is 20.0. The number of carbonyl (C=O) groups excluding carboxylic acids is 1. The molecule has 0 saturated heterocycles. The van der Waals surface area contributed by atoms with Crippen LogP contribution in [0.3, 0.4) is 0 Å². The molecule has 0 aromatic carbocycles. The first-order valence-electron chi connectivity index (χ1n) is 5.72. The van der Waals surface area contributed by atoms with E-state index in [4.69, 9.17) is 10.2 Å². The first kappa shape index (κ1) is 14.9. The maximum Gasteiger partial charge on any atom is 0.303 e. The van der Waals surface area contributed by atoms with Crippen LogP contribution in [0.2, 0.25) is 0 Å². The minimum Gasteiger partial charge on any atom is -0.481 e. The molecule has 94 valence electrons. The number of hydrogen-bond acceptors (Lipinski definition) is 3. The van der Waals surface area contributed by atoms with Gasteiger partial charge in [-0.15, -0.1) is 0 Å². The summed E-state index contributed by atoms with van der Waals surface area (Å²) in [7, 11) is 0. The van der Waals surface area contributed by atoms with Crippen LogP contribution in [0.5, 0.6) is 0 Å². The van der Waals surface area contributed by atoms with E-state index in [-0.39, 0.29) is 25.0 Å². The Balaban J connectivity index is 3.60. The molecular formula is C11H21NO4. The second-order valence-electron chi connectivity index (χ2n) is 3.79. The van der Waals surface area contributed by atoms with Gasteiger partial charge in [0.2, 0.25) is 5.91 Å². The second kappa shape index (κ2) is 9.15. The number of rotatable bonds is 9. The average Bonchev–Trinajstić information content (AvgIpc) is 2.23. The minimum atomic E-state index is -0.827. The summed E-state index contributed by atoms with van der Waals surface area (Å²) in [6.45, 7) is 2.02. The number of carboxylic acids is 1. The van der Waals surface area contributed by atoms with E-state index in [0.717, 1.165) is 6.42 Å². The van der Waals surface area contributed by atoms with Gasteiger partial charge in [0, 0.05) is 25.5 Å². The molecule has 5 heteroatoms. The SMILES string of the molecule is CCC(CCO)NC(=O)CCCCC(=O)O. The highest BCUT2D eigenvalue weighted by molar-refractivity contribution is 5.76. The van der Waals surface area contributed by atoms with Gasteiger partial charge in [-0.25, -0.2) is 0 Å². The molecule has 0 aromatic rings. The van der Waals surface area contributed by atoms with Crippen molar-refractivity contribution in [2.24, 2.45) is 0 Å². The normalized spacial score (nSPS) is 12.1. The summed E-state index contributed by atoms with van der Waals surface area (Å²) in [5.74, 6) is -0.891. The second-order valence-corrected chi connectivity index (χ2v) is 3.79. The van der Waals surface area contributed by atoms with Gasteiger partial charge in [0.1, 0.15) is 0 Å². The largest absolute Gasteiger partial charge is 0.481 e. The molecule has 16 heavy (non-hydrogen) atoms. The van der Waals surface area contributed by atoms with Crippen LogP contribution in [-0.2, 0) is 9.59 Å². The lowest BCUT2D eigenvalue weighted by atomic mass is 10.1. The fraction of sp³-hybridized carbons (Fsp3) is 0.818. The third kappa shape index (κ3) is 8.23. The molecule has 0 radical (unpaired) electrons. The van der Waals surface area contributed by atoms with Gasteiger partial charge >= 0.3 is 5.97 Å². The maximum atomic E-state index is 11.4. The van der Waals surface area contributed by atoms with Crippen LogP contribution >= 0.6 is 0 Å². The van der Waals surface area contributed by atoms with E-state index < -0.39 is 5.97 Å². The molecule has 1 unspecified atom stereocenters. The lowest BCUT2D eigenvalue weighted by Gasteiger charge is -2.15. The highest BCUT2D eigenvalue weighted by Crippen LogP contribution is 2.02. The molecule has 0 bridgehead atoms. The van der Waals surface area contributed by atoms with E-state index in [0.29, 0.717) is 25.7 Å². The number of unbranched alkanes of at least 4 members (excludes halogenated alkanes) is 1. The summed E-state index contributed by atoms with van der Waals surface area (Å²) >= 11 is 0. The van der Waals surface area contributed by atoms with Crippen LogP contribution in [0, 0.1) is 0 Å². The van der Waals surface area contributed by atoms with E-state index in [1.165, 1.54) is 0 Å². The Morgan fingerprint density at radius 2 is 1.88 bits per heavy atom. The first-order chi connectivity index (χ1) is 7.60. The number of aliphatic hydroxyl groups is 1. The van der Waals surface area contributed by atoms with E-state index in [1.807, 2.05) is 6.92 Å². The van der Waals surface area contributed by atoms with Gasteiger partial charge in [0.15, 0.2) is 0 Å². The highest BCUT2D eigenvalue weighted by atomic mass is 16.4. The summed E-state index contributed by atoms with van der Waals surface area (Å²) in [5.41, 5.74) is 0. The highest BCUT2D eigenvalue weighted by Gasteiger charge is 2.09. The molecule has 1 atom stereocenters. The molecule has 0 spiro atoms. The molecule has 0 heterocycles. The van der Waals surface area contributed by atoms with E-state index in [2.05, 4.69) is 5.32 Å². The van der Waals surface area contributed by atoms with Crippen molar-refractivity contribution < 1.29 is 19.8 Å². The number of nitrogens with one attached hydrogen (secondary N) is 1. The zero-order valence-corrected chi connectivity index (χ0v) is 9.74. The molecule has 0 aliphatic heterocycles. The van der Waals surface area contributed by atoms with Crippen LogP contribution in [-0.4, -0.2) is 34.7 Å². The van der Waals surface area contributed by atoms with Crippen molar-refractivity contribution in [1.29, 1.82) is 0 Å². The monoisotopic (exact) mass is 231 g/mol. The first-order valence-corrected chi connectivity index (χ1v) is 5.72. The molecule has 0 fully saturated rings. The fourth-order valence-corrected chi connectivity index (χ4v) is 1.40. The van der Waals surface area contributed by atoms with Crippen molar-refractivity contribution in [2.75, 3.05) is 6.61 Å². The van der Waals surface area contributed by atoms with Gasteiger partial charge in [-0.05, 0) is 25.7 Å². The molecular weight excluding hydrogens is 210 g/mol. The van der Waals surface area contributed by atoms with Crippen LogP contribution in [0.15, 0.2) is 0 Å². The van der Waals surface area contributed by atoms with E-state index in [9.17, 15) is 9.59 Å². The molecule has 0 aliphatic rings. The zero-order valence-electron chi connectivity index (χ0n) is 9.74. The molecule has 0 aromatic heterocycles. The Hall–Kier alpha value is -1.10. The van der Waals surface area contributed by atoms with Gasteiger partial charge in [-0.2, -0.15) is 0 Å². The Morgan fingerprint density at radius 3 is 2.38 bits per heavy atom. The Morgan fingerprint density at radius 1 is 1.25 bits per heavy atom. The van der Waals surface area contributed by atoms with Gasteiger partial charge < -0.3 is 15.5 Å². The molecule has 0 rings (SSSR count). The van der Waals surface area contributed by atoms with Crippen molar-refractivity contribution in [2.45, 2.75) is 51.5 Å². The third-order valence-electron chi connectivity index (χ3n) is 2.38. The molecule has 0 aliphatic carbocycles. The molecule has 5 nitrogen and oxygen atoms in total. The Kier molecular flexibility index (Phi) is 8.52. The van der Waals surface area contributed by atoms with E-state index >= 15 is 0 Å². The number of amides is 1. The average molecular weight is 231 g/mol. The lowest BCUT2D eigenvalue weighted by molar-refractivity contribution is -0.137. The van der Waals surface area contributed by atoms with Crippen LogP contribution < -0.4 is 5.32 Å². The van der Waals surface area contributed by atoms with Crippen molar-refractivity contribution in [3.8, 4) is 0 Å². The smallest absolute Gasteiger partial charge is 0.303 e. The Labute approximate surface area is 95.9 Å². The van der Waals surface area contributed by atoms with Gasteiger partial charge in [-0.1, -0.05) is 6.92 Å². The fourth-order valence-electron chi connectivity index (χ4n) is 1.40. The zero-order chi connectivity index (χ0) is 12.4. The molecule has 0 saturated carbocycles. The van der Waals surface area contributed by atoms with Gasteiger partial charge in [0.25, 0.3) is 0 Å². The summed E-state index contributed by atoms with van der Waals surface area (Å²) in [6.07, 6.45) is 2.95. The standard InChI is InChI=1S/C11H21NO4/c1-2-9(7-8-13)12-10(14)5-3-4-6-11(15)16/h9,13H,2-8H2,1H3,(H,12,14)(H,15,16). The van der Waals surface area contributed by atoms with Crippen molar-refractivity contribution >= 4 is 11.9 Å². The molecule has 3 N–H and O–H groups in total. The number of hydrogen-bond donors (Lipinski definition) is 3. The van der Waals surface area contributed by atoms with Crippen molar-refractivity contribution in [3.05, 3.63) is 0 Å². The lowest BCUT2D eigenvalue weighted by Crippen LogP contribution is -2.34. The van der Waals surface area contributed by atoms with Crippen molar-refractivity contribution in [1.82, 2.24) is 5.32 Å². The minimum absolute atomic E-state index is 0.0250. The quantitative estimate of drug-likeness (QED) is 0.515. The van der Waals surface area contributed by atoms with Crippen LogP contribution in [0.25, 0.3) is 0 Å². The van der Waals surface area contributed by atoms with Crippen LogP contribution in [0.1, 0.15) is 45.4 Å². The number of aliphatic hydroxyl groups excluding tert-OH is 1. The predicted octanol–water partition coefficient (Wildman–Crippen LogP) is 0.909. The van der Waals surface area contributed by atoms with Gasteiger partial charge in [-0.3, -0.25) is 9.59 Å². The summed E-state index contributed by atoms with van der Waals surface area (Å²) in [4.78, 5) is 21.6. The third-order valence-corrected chi connectivity index (χ3v) is 2.38. The summed E-state index contributed by atoms with van der Waals surface area (Å²) < 4.78 is 0. The number of aliphatic carboxylic acids is 1. The Bertz CT molecular complexity index is 218. The topological polar surface area (TPSA) is 86.6 Å².